The van der Waals surface area contributed by atoms with Crippen LogP contribution in [0.5, 0.6) is 0 Å². The molecule has 0 atom stereocenters. The molecule has 0 radical (unpaired) electrons. The van der Waals surface area contributed by atoms with E-state index in [1.165, 1.54) is 18.2 Å². The zero-order chi connectivity index (χ0) is 19.0. The molecule has 2 aromatic carbocycles. The van der Waals surface area contributed by atoms with E-state index in [1.807, 2.05) is 18.2 Å². The van der Waals surface area contributed by atoms with Crippen LogP contribution in [-0.2, 0) is 15.6 Å². The maximum absolute atomic E-state index is 12.2. The van der Waals surface area contributed by atoms with Gasteiger partial charge in [0.1, 0.15) is 0 Å². The third kappa shape index (κ3) is 4.52. The zero-order valence-corrected chi connectivity index (χ0v) is 17.7. The molecule has 0 bridgehead atoms. The number of hydrogen-bond donors (Lipinski definition) is 0. The number of ether oxygens (including phenoxy) is 1. The van der Waals surface area contributed by atoms with Crippen LogP contribution in [0.1, 0.15) is 63.0 Å². The molecule has 0 spiro atoms. The minimum Gasteiger partial charge on any atom is -0.465 e. The van der Waals surface area contributed by atoms with Crippen molar-refractivity contribution in [3.05, 3.63) is 57.6 Å². The summed E-state index contributed by atoms with van der Waals surface area (Å²) in [6, 6.07) is 12.3. The third-order valence-electron chi connectivity index (χ3n) is 4.36. The first-order valence-electron chi connectivity index (χ1n) is 8.48. The Morgan fingerprint density at radius 3 is 1.84 bits per heavy atom. The summed E-state index contributed by atoms with van der Waals surface area (Å²) in [4.78, 5) is 12.2. The number of carbonyl (C=O) groups is 1. The molecule has 0 N–H and O–H groups in total. The van der Waals surface area contributed by atoms with Gasteiger partial charge in [-0.05, 0) is 51.3 Å². The Hall–Kier alpha value is -1.61. The van der Waals surface area contributed by atoms with Crippen molar-refractivity contribution >= 4 is 21.9 Å². The predicted molar refractivity (Wildman–Crippen MR) is 108 cm³/mol. The van der Waals surface area contributed by atoms with E-state index in [-0.39, 0.29) is 16.8 Å². The summed E-state index contributed by atoms with van der Waals surface area (Å²) in [5.74, 6) is -0.319. The second kappa shape index (κ2) is 6.95. The van der Waals surface area contributed by atoms with Gasteiger partial charge in [0.15, 0.2) is 0 Å². The van der Waals surface area contributed by atoms with Crippen molar-refractivity contribution in [2.24, 2.45) is 0 Å². The van der Waals surface area contributed by atoms with E-state index in [1.54, 1.807) is 0 Å². The Labute approximate surface area is 159 Å². The molecule has 2 nitrogen and oxygen atoms in total. The van der Waals surface area contributed by atoms with Gasteiger partial charge in [-0.3, -0.25) is 0 Å². The number of carbonyl (C=O) groups excluding carboxylic acids is 1. The lowest BCUT2D eigenvalue weighted by atomic mass is 9.78. The van der Waals surface area contributed by atoms with Crippen molar-refractivity contribution in [1.82, 2.24) is 0 Å². The average Bonchev–Trinajstić information content (AvgIpc) is 2.52. The van der Waals surface area contributed by atoms with Crippen LogP contribution in [0.4, 0.5) is 0 Å². The Kier molecular flexibility index (Phi) is 5.48. The van der Waals surface area contributed by atoms with E-state index in [0.29, 0.717) is 5.56 Å². The van der Waals surface area contributed by atoms with Crippen molar-refractivity contribution in [3.63, 3.8) is 0 Å². The summed E-state index contributed by atoms with van der Waals surface area (Å²) in [7, 11) is 1.42. The van der Waals surface area contributed by atoms with Crippen molar-refractivity contribution in [2.45, 2.75) is 52.4 Å². The third-order valence-corrected chi connectivity index (χ3v) is 4.86. The van der Waals surface area contributed by atoms with Gasteiger partial charge < -0.3 is 4.74 Å². The Morgan fingerprint density at radius 2 is 1.40 bits per heavy atom. The van der Waals surface area contributed by atoms with Gasteiger partial charge in [0, 0.05) is 4.47 Å². The fraction of sp³-hybridized carbons (Fsp3) is 0.409. The Balaban J connectivity index is 2.79. The van der Waals surface area contributed by atoms with E-state index in [4.69, 9.17) is 4.74 Å². The van der Waals surface area contributed by atoms with Crippen LogP contribution in [-0.4, -0.2) is 13.1 Å². The van der Waals surface area contributed by atoms with Crippen LogP contribution in [0.3, 0.4) is 0 Å². The number of rotatable bonds is 2. The van der Waals surface area contributed by atoms with Crippen molar-refractivity contribution in [2.75, 3.05) is 7.11 Å². The van der Waals surface area contributed by atoms with Gasteiger partial charge in [-0.1, -0.05) is 75.7 Å². The van der Waals surface area contributed by atoms with Crippen LogP contribution in [0.15, 0.2) is 40.9 Å². The monoisotopic (exact) mass is 402 g/mol. The fourth-order valence-electron chi connectivity index (χ4n) is 2.69. The van der Waals surface area contributed by atoms with Gasteiger partial charge in [-0.2, -0.15) is 0 Å². The van der Waals surface area contributed by atoms with Crippen molar-refractivity contribution in [3.8, 4) is 11.1 Å². The number of halogens is 1. The lowest BCUT2D eigenvalue weighted by molar-refractivity contribution is 0.0601. The first kappa shape index (κ1) is 19.7. The summed E-state index contributed by atoms with van der Waals surface area (Å²) in [6.07, 6.45) is 0. The average molecular weight is 403 g/mol. The maximum atomic E-state index is 12.2. The molecule has 0 fully saturated rings. The van der Waals surface area contributed by atoms with E-state index in [0.717, 1.165) is 15.6 Å². The molecule has 0 aromatic heterocycles. The van der Waals surface area contributed by atoms with Crippen LogP contribution in [0, 0.1) is 0 Å². The molecule has 2 rings (SSSR count). The summed E-state index contributed by atoms with van der Waals surface area (Å²) in [5, 5.41) is 0. The van der Waals surface area contributed by atoms with Crippen molar-refractivity contribution < 1.29 is 9.53 Å². The van der Waals surface area contributed by atoms with Crippen LogP contribution in [0.2, 0.25) is 0 Å². The lowest BCUT2D eigenvalue weighted by Crippen LogP contribution is -2.16. The lowest BCUT2D eigenvalue weighted by Gasteiger charge is -2.26. The number of benzene rings is 2. The largest absolute Gasteiger partial charge is 0.465 e. The second-order valence-electron chi connectivity index (χ2n) is 8.48. The van der Waals surface area contributed by atoms with E-state index < -0.39 is 0 Å². The molecular formula is C22H27BrO2. The number of hydrogen-bond acceptors (Lipinski definition) is 2. The molecule has 134 valence electrons. The molecule has 0 saturated heterocycles. The second-order valence-corrected chi connectivity index (χ2v) is 9.40. The smallest absolute Gasteiger partial charge is 0.338 e. The fourth-order valence-corrected chi connectivity index (χ4v) is 3.05. The number of esters is 1. The van der Waals surface area contributed by atoms with Crippen molar-refractivity contribution in [1.29, 1.82) is 0 Å². The highest BCUT2D eigenvalue weighted by molar-refractivity contribution is 9.10. The molecule has 0 aliphatic rings. The quantitative estimate of drug-likeness (QED) is 0.535. The van der Waals surface area contributed by atoms with Gasteiger partial charge in [0.2, 0.25) is 0 Å². The van der Waals surface area contributed by atoms with Gasteiger partial charge in [0.25, 0.3) is 0 Å². The zero-order valence-electron chi connectivity index (χ0n) is 16.2. The van der Waals surface area contributed by atoms with E-state index in [9.17, 15) is 4.79 Å². The van der Waals surface area contributed by atoms with Crippen LogP contribution >= 0.6 is 15.9 Å². The Bertz CT molecular complexity index is 760. The normalized spacial score (nSPS) is 12.2. The van der Waals surface area contributed by atoms with Crippen LogP contribution in [0.25, 0.3) is 11.1 Å². The summed E-state index contributed by atoms with van der Waals surface area (Å²) in [5.41, 5.74) is 5.06. The summed E-state index contributed by atoms with van der Waals surface area (Å²) >= 11 is 3.53. The molecule has 0 aliphatic heterocycles. The molecule has 0 unspecified atom stereocenters. The molecule has 0 heterocycles. The van der Waals surface area contributed by atoms with Crippen LogP contribution < -0.4 is 0 Å². The Morgan fingerprint density at radius 1 is 0.880 bits per heavy atom. The molecule has 0 amide bonds. The highest BCUT2D eigenvalue weighted by atomic mass is 79.9. The first-order valence-corrected chi connectivity index (χ1v) is 9.27. The minimum absolute atomic E-state index is 0.0213. The van der Waals surface area contributed by atoms with E-state index >= 15 is 0 Å². The number of methoxy groups -OCH3 is 1. The summed E-state index contributed by atoms with van der Waals surface area (Å²) in [6.45, 7) is 13.3. The van der Waals surface area contributed by atoms with Gasteiger partial charge in [-0.25, -0.2) is 4.79 Å². The predicted octanol–water partition coefficient (Wildman–Crippen LogP) is 6.50. The molecule has 0 saturated carbocycles. The first-order chi connectivity index (χ1) is 11.4. The summed E-state index contributed by atoms with van der Waals surface area (Å²) < 4.78 is 5.92. The maximum Gasteiger partial charge on any atom is 0.338 e. The standard InChI is InChI=1S/C22H27BrO2/c1-21(2,3)15-10-14(11-16(12-15)22(4,5)6)19-13-17(23)8-9-18(19)20(24)25-7/h8-13H,1-7H3. The molecule has 0 aliphatic carbocycles. The molecular weight excluding hydrogens is 376 g/mol. The van der Waals surface area contributed by atoms with Gasteiger partial charge in [0.05, 0.1) is 12.7 Å². The minimum atomic E-state index is -0.319. The highest BCUT2D eigenvalue weighted by Gasteiger charge is 2.22. The van der Waals surface area contributed by atoms with E-state index in [2.05, 4.69) is 75.7 Å². The SMILES string of the molecule is COC(=O)c1ccc(Br)cc1-c1cc(C(C)(C)C)cc(C(C)(C)C)c1. The molecule has 25 heavy (non-hydrogen) atoms. The van der Waals surface area contributed by atoms with Gasteiger partial charge in [-0.15, -0.1) is 0 Å². The topological polar surface area (TPSA) is 26.3 Å². The molecule has 2 aromatic rings. The highest BCUT2D eigenvalue weighted by Crippen LogP contribution is 2.36. The molecule has 3 heteroatoms. The van der Waals surface area contributed by atoms with Gasteiger partial charge >= 0.3 is 5.97 Å².